The SMILES string of the molecule is NCCc1nnc2n1CCC(Cl)C2. The van der Waals surface area contributed by atoms with Crippen LogP contribution in [0.1, 0.15) is 18.1 Å². The van der Waals surface area contributed by atoms with Crippen LogP contribution in [0, 0.1) is 0 Å². The van der Waals surface area contributed by atoms with Gasteiger partial charge in [0.1, 0.15) is 11.6 Å². The molecule has 1 unspecified atom stereocenters. The second kappa shape index (κ2) is 3.64. The van der Waals surface area contributed by atoms with E-state index in [4.69, 9.17) is 17.3 Å². The molecule has 0 fully saturated rings. The molecular formula is C8H13ClN4. The van der Waals surface area contributed by atoms with E-state index in [1.807, 2.05) is 0 Å². The molecular weight excluding hydrogens is 188 g/mol. The van der Waals surface area contributed by atoms with Gasteiger partial charge in [0.2, 0.25) is 0 Å². The molecule has 1 aromatic heterocycles. The van der Waals surface area contributed by atoms with Crippen molar-refractivity contribution in [2.75, 3.05) is 6.54 Å². The molecule has 1 aromatic rings. The number of aromatic nitrogens is 3. The molecule has 13 heavy (non-hydrogen) atoms. The maximum atomic E-state index is 6.02. The first-order chi connectivity index (χ1) is 6.31. The fraction of sp³-hybridized carbons (Fsp3) is 0.750. The van der Waals surface area contributed by atoms with Crippen molar-refractivity contribution >= 4 is 11.6 Å². The van der Waals surface area contributed by atoms with Gasteiger partial charge in [-0.25, -0.2) is 0 Å². The Kier molecular flexibility index (Phi) is 2.51. The summed E-state index contributed by atoms with van der Waals surface area (Å²) >= 11 is 6.02. The van der Waals surface area contributed by atoms with Crippen molar-refractivity contribution < 1.29 is 0 Å². The summed E-state index contributed by atoms with van der Waals surface area (Å²) in [5.74, 6) is 2.01. The highest BCUT2D eigenvalue weighted by atomic mass is 35.5. The van der Waals surface area contributed by atoms with Gasteiger partial charge in [-0.2, -0.15) is 0 Å². The monoisotopic (exact) mass is 200 g/mol. The zero-order valence-electron chi connectivity index (χ0n) is 7.41. The summed E-state index contributed by atoms with van der Waals surface area (Å²) in [5.41, 5.74) is 5.47. The van der Waals surface area contributed by atoms with E-state index in [0.717, 1.165) is 37.5 Å². The van der Waals surface area contributed by atoms with E-state index >= 15 is 0 Å². The summed E-state index contributed by atoms with van der Waals surface area (Å²) in [5, 5.41) is 8.42. The van der Waals surface area contributed by atoms with Gasteiger partial charge in [0, 0.05) is 24.8 Å². The fourth-order valence-corrected chi connectivity index (χ4v) is 1.90. The summed E-state index contributed by atoms with van der Waals surface area (Å²) in [6, 6.07) is 0. The third-order valence-electron chi connectivity index (χ3n) is 2.34. The lowest BCUT2D eigenvalue weighted by Crippen LogP contribution is -2.21. The third kappa shape index (κ3) is 1.69. The maximum absolute atomic E-state index is 6.02. The van der Waals surface area contributed by atoms with Gasteiger partial charge >= 0.3 is 0 Å². The van der Waals surface area contributed by atoms with Gasteiger partial charge < -0.3 is 10.3 Å². The van der Waals surface area contributed by atoms with E-state index in [2.05, 4.69) is 14.8 Å². The van der Waals surface area contributed by atoms with Crippen molar-refractivity contribution in [3.8, 4) is 0 Å². The zero-order chi connectivity index (χ0) is 9.26. The first-order valence-corrected chi connectivity index (χ1v) is 5.00. The van der Waals surface area contributed by atoms with Crippen molar-refractivity contribution in [2.45, 2.75) is 31.2 Å². The van der Waals surface area contributed by atoms with Gasteiger partial charge in [-0.3, -0.25) is 0 Å². The van der Waals surface area contributed by atoms with Crippen LogP contribution in [-0.4, -0.2) is 26.7 Å². The molecule has 0 spiro atoms. The molecule has 0 amide bonds. The van der Waals surface area contributed by atoms with Crippen LogP contribution in [0.3, 0.4) is 0 Å². The largest absolute Gasteiger partial charge is 0.330 e. The van der Waals surface area contributed by atoms with Crippen molar-refractivity contribution in [1.82, 2.24) is 14.8 Å². The smallest absolute Gasteiger partial charge is 0.134 e. The summed E-state index contributed by atoms with van der Waals surface area (Å²) in [6.45, 7) is 1.56. The first-order valence-electron chi connectivity index (χ1n) is 4.56. The standard InChI is InChI=1S/C8H13ClN4/c9-6-2-4-13-7(1-3-10)11-12-8(13)5-6/h6H,1-5,10H2. The van der Waals surface area contributed by atoms with Crippen LogP contribution < -0.4 is 5.73 Å². The third-order valence-corrected chi connectivity index (χ3v) is 2.71. The Balaban J connectivity index is 2.23. The molecule has 0 aromatic carbocycles. The quantitative estimate of drug-likeness (QED) is 0.701. The highest BCUT2D eigenvalue weighted by Crippen LogP contribution is 2.18. The molecule has 0 saturated carbocycles. The van der Waals surface area contributed by atoms with Crippen molar-refractivity contribution in [1.29, 1.82) is 0 Å². The summed E-state index contributed by atoms with van der Waals surface area (Å²) in [6.07, 6.45) is 2.64. The summed E-state index contributed by atoms with van der Waals surface area (Å²) in [4.78, 5) is 0. The second-order valence-electron chi connectivity index (χ2n) is 3.31. The Labute approximate surface area is 82.1 Å². The Morgan fingerprint density at radius 1 is 1.54 bits per heavy atom. The van der Waals surface area contributed by atoms with E-state index in [1.54, 1.807) is 0 Å². The van der Waals surface area contributed by atoms with Gasteiger partial charge in [0.05, 0.1) is 0 Å². The van der Waals surface area contributed by atoms with Crippen LogP contribution >= 0.6 is 11.6 Å². The maximum Gasteiger partial charge on any atom is 0.134 e. The number of hydrogen-bond donors (Lipinski definition) is 1. The lowest BCUT2D eigenvalue weighted by Gasteiger charge is -2.18. The number of halogens is 1. The number of nitrogens with two attached hydrogens (primary N) is 1. The Bertz CT molecular complexity index is 283. The molecule has 1 aliphatic heterocycles. The molecule has 72 valence electrons. The van der Waals surface area contributed by atoms with Gasteiger partial charge in [0.25, 0.3) is 0 Å². The predicted octanol–water partition coefficient (Wildman–Crippen LogP) is 0.333. The number of fused-ring (bicyclic) bond motifs is 1. The molecule has 0 saturated heterocycles. The van der Waals surface area contributed by atoms with E-state index in [0.29, 0.717) is 6.54 Å². The normalized spacial score (nSPS) is 21.5. The minimum absolute atomic E-state index is 0.224. The molecule has 0 aliphatic carbocycles. The summed E-state index contributed by atoms with van der Waals surface area (Å²) in [7, 11) is 0. The zero-order valence-corrected chi connectivity index (χ0v) is 8.17. The van der Waals surface area contributed by atoms with Crippen LogP contribution in [0.25, 0.3) is 0 Å². The molecule has 2 heterocycles. The molecule has 2 N–H and O–H groups in total. The molecule has 5 heteroatoms. The Morgan fingerprint density at radius 2 is 2.38 bits per heavy atom. The van der Waals surface area contributed by atoms with E-state index in [-0.39, 0.29) is 5.38 Å². The van der Waals surface area contributed by atoms with E-state index in [1.165, 1.54) is 0 Å². The van der Waals surface area contributed by atoms with Crippen molar-refractivity contribution in [3.05, 3.63) is 11.6 Å². The average Bonchev–Trinajstić information content (AvgIpc) is 2.49. The molecule has 0 bridgehead atoms. The minimum atomic E-state index is 0.224. The van der Waals surface area contributed by atoms with Crippen molar-refractivity contribution in [2.24, 2.45) is 5.73 Å². The fourth-order valence-electron chi connectivity index (χ4n) is 1.66. The first kappa shape index (κ1) is 8.97. The topological polar surface area (TPSA) is 56.7 Å². The molecule has 1 aliphatic rings. The van der Waals surface area contributed by atoms with Crippen molar-refractivity contribution in [3.63, 3.8) is 0 Å². The summed E-state index contributed by atoms with van der Waals surface area (Å²) < 4.78 is 2.14. The van der Waals surface area contributed by atoms with E-state index in [9.17, 15) is 0 Å². The van der Waals surface area contributed by atoms with Gasteiger partial charge in [-0.1, -0.05) is 0 Å². The lowest BCUT2D eigenvalue weighted by molar-refractivity contribution is 0.513. The average molecular weight is 201 g/mol. The van der Waals surface area contributed by atoms with Gasteiger partial charge in [0.15, 0.2) is 0 Å². The van der Waals surface area contributed by atoms with Gasteiger partial charge in [-0.05, 0) is 13.0 Å². The number of alkyl halides is 1. The molecule has 1 atom stereocenters. The van der Waals surface area contributed by atoms with Crippen LogP contribution in [-0.2, 0) is 19.4 Å². The second-order valence-corrected chi connectivity index (χ2v) is 3.93. The number of nitrogens with zero attached hydrogens (tertiary/aromatic N) is 3. The Hall–Kier alpha value is -0.610. The lowest BCUT2D eigenvalue weighted by atomic mass is 10.1. The van der Waals surface area contributed by atoms with Crippen LogP contribution in [0.15, 0.2) is 0 Å². The van der Waals surface area contributed by atoms with Gasteiger partial charge in [-0.15, -0.1) is 21.8 Å². The molecule has 4 nitrogen and oxygen atoms in total. The highest BCUT2D eigenvalue weighted by molar-refractivity contribution is 6.20. The predicted molar refractivity (Wildman–Crippen MR) is 50.7 cm³/mol. The highest BCUT2D eigenvalue weighted by Gasteiger charge is 2.20. The minimum Gasteiger partial charge on any atom is -0.330 e. The molecule has 2 rings (SSSR count). The molecule has 0 radical (unpaired) electrons. The number of rotatable bonds is 2. The van der Waals surface area contributed by atoms with Crippen LogP contribution in [0.5, 0.6) is 0 Å². The van der Waals surface area contributed by atoms with E-state index < -0.39 is 0 Å². The Morgan fingerprint density at radius 3 is 3.15 bits per heavy atom. The number of hydrogen-bond acceptors (Lipinski definition) is 3. The van der Waals surface area contributed by atoms with Crippen LogP contribution in [0.4, 0.5) is 0 Å². The van der Waals surface area contributed by atoms with Crippen LogP contribution in [0.2, 0.25) is 0 Å².